The van der Waals surface area contributed by atoms with Gasteiger partial charge in [-0.2, -0.15) is 0 Å². The standard InChI is InChI=1S/C25H21B5FN3O7/c26-22(27)20(36)32-21(37)23(28,25(22,29)30)34-19(35)15-5-2-6-16(17(15)24(34,38)39)41-12-14-4-1-3-13(18(14)31)11-33-7-9-40-10-8-33/h1-6,38-39H,7-12H2,(H,32,36,37). The fourth-order valence-electron chi connectivity index (χ4n) is 5.26. The van der Waals surface area contributed by atoms with Gasteiger partial charge < -0.3 is 19.7 Å². The molecule has 41 heavy (non-hydrogen) atoms. The Kier molecular flexibility index (Phi) is 7.21. The first-order valence-electron chi connectivity index (χ1n) is 12.6. The van der Waals surface area contributed by atoms with Gasteiger partial charge in [0.25, 0.3) is 11.8 Å². The molecule has 10 radical (unpaired) electrons. The molecule has 2 fully saturated rings. The van der Waals surface area contributed by atoms with Crippen molar-refractivity contribution in [2.75, 3.05) is 26.3 Å². The molecule has 16 heteroatoms. The first kappa shape index (κ1) is 29.4. The summed E-state index contributed by atoms with van der Waals surface area (Å²) in [6.45, 7) is 2.42. The number of carbonyl (C=O) groups excluding carboxylic acids is 3. The Balaban J connectivity index is 1.46. The van der Waals surface area contributed by atoms with Gasteiger partial charge in [-0.1, -0.05) is 29.5 Å². The number of morpholine rings is 1. The van der Waals surface area contributed by atoms with Crippen LogP contribution in [0.4, 0.5) is 4.39 Å². The Hall–Kier alpha value is -3.06. The van der Waals surface area contributed by atoms with Gasteiger partial charge in [0.15, 0.2) is 0 Å². The van der Waals surface area contributed by atoms with Crippen LogP contribution < -0.4 is 10.1 Å². The number of ether oxygens (including phenoxy) is 2. The lowest BCUT2D eigenvalue weighted by Crippen LogP contribution is -2.77. The molecule has 5 rings (SSSR count). The highest BCUT2D eigenvalue weighted by Gasteiger charge is 2.68. The zero-order valence-electron chi connectivity index (χ0n) is 21.8. The predicted molar refractivity (Wildman–Crippen MR) is 146 cm³/mol. The zero-order chi connectivity index (χ0) is 30.0. The Bertz CT molecular complexity index is 1440. The van der Waals surface area contributed by atoms with Crippen LogP contribution in [0.3, 0.4) is 0 Å². The van der Waals surface area contributed by atoms with Crippen LogP contribution in [0.2, 0.25) is 10.4 Å². The molecule has 0 spiro atoms. The number of rotatable bonds is 6. The molecule has 200 valence electrons. The second-order valence-electron chi connectivity index (χ2n) is 10.3. The highest BCUT2D eigenvalue weighted by molar-refractivity contribution is 6.66. The van der Waals surface area contributed by atoms with Crippen molar-refractivity contribution in [2.45, 2.75) is 34.9 Å². The fourth-order valence-corrected chi connectivity index (χ4v) is 5.26. The number of hydrogen-bond donors (Lipinski definition) is 3. The number of benzene rings is 2. The molecule has 3 aliphatic heterocycles. The van der Waals surface area contributed by atoms with Crippen LogP contribution in [0.25, 0.3) is 0 Å². The van der Waals surface area contributed by atoms with E-state index in [0.29, 0.717) is 38.4 Å². The lowest BCUT2D eigenvalue weighted by Gasteiger charge is -2.61. The Labute approximate surface area is 242 Å². The highest BCUT2D eigenvalue weighted by Crippen LogP contribution is 2.58. The molecule has 3 N–H and O–H groups in total. The highest BCUT2D eigenvalue weighted by atomic mass is 19.1. The van der Waals surface area contributed by atoms with Crippen molar-refractivity contribution in [3.8, 4) is 5.75 Å². The van der Waals surface area contributed by atoms with Crippen molar-refractivity contribution in [3.63, 3.8) is 0 Å². The van der Waals surface area contributed by atoms with Crippen molar-refractivity contribution in [2.24, 2.45) is 0 Å². The third-order valence-corrected chi connectivity index (χ3v) is 7.76. The van der Waals surface area contributed by atoms with E-state index in [0.717, 1.165) is 0 Å². The summed E-state index contributed by atoms with van der Waals surface area (Å²) in [5.74, 6) is -8.10. The van der Waals surface area contributed by atoms with E-state index in [9.17, 15) is 24.6 Å². The van der Waals surface area contributed by atoms with Crippen molar-refractivity contribution in [1.82, 2.24) is 15.1 Å². The van der Waals surface area contributed by atoms with Crippen molar-refractivity contribution in [1.29, 1.82) is 0 Å². The average molecular weight is 549 g/mol. The van der Waals surface area contributed by atoms with E-state index in [-0.39, 0.29) is 28.4 Å². The summed E-state index contributed by atoms with van der Waals surface area (Å²) in [5.41, 5.74) is -3.33. The number of carbonyl (C=O) groups is 3. The average Bonchev–Trinajstić information content (AvgIpc) is 3.13. The Morgan fingerprint density at radius 2 is 1.59 bits per heavy atom. The summed E-state index contributed by atoms with van der Waals surface area (Å²) in [4.78, 5) is 40.9. The number of nitrogens with zero attached hydrogens (tertiary/aromatic N) is 2. The third kappa shape index (κ3) is 4.34. The SMILES string of the molecule is [B]C1([B])C(=O)NC(=O)C([B])(N2C(=O)c3cccc(OCc4cccc(CN5CCOCC5)c4F)c3C2(O)O)C1([B])[B]. The van der Waals surface area contributed by atoms with E-state index in [1.807, 2.05) is 4.90 Å². The molecule has 1 atom stereocenters. The number of halogens is 1. The summed E-state index contributed by atoms with van der Waals surface area (Å²) in [6.07, 6.45) is 0. The largest absolute Gasteiger partial charge is 0.488 e. The Morgan fingerprint density at radius 3 is 2.27 bits per heavy atom. The number of aliphatic hydroxyl groups is 2. The van der Waals surface area contributed by atoms with Crippen molar-refractivity contribution < 1.29 is 38.5 Å². The van der Waals surface area contributed by atoms with E-state index in [1.54, 1.807) is 17.4 Å². The number of piperidine rings is 1. The second-order valence-corrected chi connectivity index (χ2v) is 10.3. The van der Waals surface area contributed by atoms with Crippen LogP contribution in [0.15, 0.2) is 36.4 Å². The maximum atomic E-state index is 15.4. The molecule has 0 aromatic heterocycles. The van der Waals surface area contributed by atoms with E-state index in [2.05, 4.69) is 0 Å². The van der Waals surface area contributed by atoms with Crippen LogP contribution in [0, 0.1) is 5.82 Å². The molecule has 10 nitrogen and oxygen atoms in total. The second kappa shape index (κ2) is 10.0. The van der Waals surface area contributed by atoms with Crippen molar-refractivity contribution >= 4 is 57.0 Å². The normalized spacial score (nSPS) is 25.0. The number of fused-ring (bicyclic) bond motifs is 1. The summed E-state index contributed by atoms with van der Waals surface area (Å²) < 4.78 is 26.5. The molecule has 0 bridgehead atoms. The van der Waals surface area contributed by atoms with Crippen LogP contribution in [0.1, 0.15) is 27.0 Å². The molecule has 1 unspecified atom stereocenters. The molecule has 3 aliphatic rings. The number of hydrogen-bond acceptors (Lipinski definition) is 8. The maximum absolute atomic E-state index is 15.4. The molecule has 2 aromatic rings. The van der Waals surface area contributed by atoms with Crippen LogP contribution >= 0.6 is 0 Å². The molecule has 2 aromatic carbocycles. The van der Waals surface area contributed by atoms with Gasteiger partial charge in [0.05, 0.1) is 61.2 Å². The van der Waals surface area contributed by atoms with Gasteiger partial charge >= 0.3 is 0 Å². The fraction of sp³-hybridized carbons (Fsp3) is 0.400. The maximum Gasteiger partial charge on any atom is 0.282 e. The Morgan fingerprint density at radius 1 is 0.951 bits per heavy atom. The quantitative estimate of drug-likeness (QED) is 0.220. The number of amides is 3. The predicted octanol–water partition coefficient (Wildman–Crippen LogP) is -1.78. The minimum absolute atomic E-state index is 0.0807. The molecular weight excluding hydrogens is 527 g/mol. The van der Waals surface area contributed by atoms with E-state index in [1.165, 1.54) is 24.3 Å². The monoisotopic (exact) mass is 549 g/mol. The lowest BCUT2D eigenvalue weighted by molar-refractivity contribution is -0.266. The van der Waals surface area contributed by atoms with E-state index in [4.69, 9.17) is 48.7 Å². The molecule has 2 saturated heterocycles. The molecule has 3 heterocycles. The van der Waals surface area contributed by atoms with Gasteiger partial charge in [-0.15, -0.1) is 0 Å². The summed E-state index contributed by atoms with van der Waals surface area (Å²) in [6, 6.07) is 8.68. The van der Waals surface area contributed by atoms with Gasteiger partial charge in [0.1, 0.15) is 26.0 Å². The minimum Gasteiger partial charge on any atom is -0.488 e. The minimum atomic E-state index is -3.37. The molecule has 0 aliphatic carbocycles. The van der Waals surface area contributed by atoms with E-state index >= 15 is 4.39 Å². The van der Waals surface area contributed by atoms with Gasteiger partial charge in [-0.25, -0.2) is 4.39 Å². The van der Waals surface area contributed by atoms with Gasteiger partial charge in [-0.3, -0.25) is 29.5 Å². The van der Waals surface area contributed by atoms with Crippen LogP contribution in [-0.2, 0) is 33.4 Å². The molecule has 0 saturated carbocycles. The van der Waals surface area contributed by atoms with Crippen LogP contribution in [-0.4, -0.2) is 109 Å². The van der Waals surface area contributed by atoms with Gasteiger partial charge in [0, 0.05) is 30.8 Å². The number of imide groups is 1. The van der Waals surface area contributed by atoms with Crippen LogP contribution in [0.5, 0.6) is 5.75 Å². The smallest absolute Gasteiger partial charge is 0.282 e. The summed E-state index contributed by atoms with van der Waals surface area (Å²) >= 11 is 0. The lowest BCUT2D eigenvalue weighted by atomic mass is 9.21. The van der Waals surface area contributed by atoms with Gasteiger partial charge in [-0.05, 0) is 17.3 Å². The zero-order valence-corrected chi connectivity index (χ0v) is 21.8. The topological polar surface area (TPSA) is 129 Å². The summed E-state index contributed by atoms with van der Waals surface area (Å²) in [5, 5.41) is 18.7. The summed E-state index contributed by atoms with van der Waals surface area (Å²) in [7, 11) is 29.8. The van der Waals surface area contributed by atoms with E-state index < -0.39 is 50.9 Å². The van der Waals surface area contributed by atoms with Crippen molar-refractivity contribution in [3.05, 3.63) is 64.5 Å². The first-order chi connectivity index (χ1) is 19.2. The number of nitrogens with one attached hydrogen (secondary N) is 1. The molecule has 3 amide bonds. The third-order valence-electron chi connectivity index (χ3n) is 7.76. The molecular formula is C25H21B5FN3O7. The first-order valence-corrected chi connectivity index (χ1v) is 12.6. The van der Waals surface area contributed by atoms with Gasteiger partial charge in [0.2, 0.25) is 11.8 Å².